The van der Waals surface area contributed by atoms with E-state index in [1.165, 1.54) is 11.8 Å². The van der Waals surface area contributed by atoms with E-state index in [0.717, 1.165) is 4.47 Å². The topological polar surface area (TPSA) is 84.2 Å². The second kappa shape index (κ2) is 8.55. The molecular weight excluding hydrogens is 418 g/mol. The molecule has 1 aromatic heterocycles. The summed E-state index contributed by atoms with van der Waals surface area (Å²) in [5, 5.41) is 9.05. The Morgan fingerprint density at radius 2 is 2.12 bits per heavy atom. The third kappa shape index (κ3) is 5.54. The number of aryl methyl sites for hydroxylation is 1. The van der Waals surface area contributed by atoms with Crippen molar-refractivity contribution in [3.05, 3.63) is 39.5 Å². The third-order valence-corrected chi connectivity index (χ3v) is 4.87. The van der Waals surface area contributed by atoms with Gasteiger partial charge in [-0.3, -0.25) is 9.59 Å². The highest BCUT2D eigenvalue weighted by molar-refractivity contribution is 9.10. The fourth-order valence-electron chi connectivity index (χ4n) is 1.71. The summed E-state index contributed by atoms with van der Waals surface area (Å²) in [6, 6.07) is 6.81. The van der Waals surface area contributed by atoms with E-state index in [0.29, 0.717) is 22.3 Å². The summed E-state index contributed by atoms with van der Waals surface area (Å²) < 4.78 is 5.70. The number of hydrogen-bond acceptors (Lipinski definition) is 5. The van der Waals surface area contributed by atoms with Crippen molar-refractivity contribution in [2.24, 2.45) is 0 Å². The minimum absolute atomic E-state index is 0.124. The Labute approximate surface area is 156 Å². The minimum atomic E-state index is -0.423. The number of amides is 2. The van der Waals surface area contributed by atoms with Crippen molar-refractivity contribution >= 4 is 62.6 Å². The normalized spacial score (nSPS) is 11.8. The molecule has 2 aromatic rings. The maximum absolute atomic E-state index is 12.0. The lowest BCUT2D eigenvalue weighted by atomic mass is 10.3. The van der Waals surface area contributed by atoms with Gasteiger partial charge in [0.25, 0.3) is 0 Å². The molecule has 0 aliphatic carbocycles. The average Bonchev–Trinajstić information content (AvgIpc) is 2.92. The fourth-order valence-corrected chi connectivity index (χ4v) is 3.11. The molecule has 0 spiro atoms. The number of aromatic nitrogens is 1. The van der Waals surface area contributed by atoms with Crippen LogP contribution in [0.4, 0.5) is 11.5 Å². The van der Waals surface area contributed by atoms with Gasteiger partial charge < -0.3 is 15.2 Å². The van der Waals surface area contributed by atoms with Crippen LogP contribution in [0.3, 0.4) is 0 Å². The standard InChI is InChI=1S/C15H15BrClN3O3S/c1-8-5-13(20-23-8)19-15(22)9(2)24-7-14(21)18-12-4-3-10(16)6-11(12)17/h3-6,9H,7H2,1-2H3,(H,18,21)(H,19,20,22). The van der Waals surface area contributed by atoms with Crippen molar-refractivity contribution in [2.75, 3.05) is 16.4 Å². The molecule has 6 nitrogen and oxygen atoms in total. The number of thioether (sulfide) groups is 1. The van der Waals surface area contributed by atoms with Gasteiger partial charge in [0.2, 0.25) is 11.8 Å². The predicted octanol–water partition coefficient (Wildman–Crippen LogP) is 4.10. The largest absolute Gasteiger partial charge is 0.360 e. The van der Waals surface area contributed by atoms with Gasteiger partial charge in [0.05, 0.1) is 21.7 Å². The molecule has 128 valence electrons. The molecule has 1 unspecified atom stereocenters. The Morgan fingerprint density at radius 3 is 2.75 bits per heavy atom. The zero-order chi connectivity index (χ0) is 17.7. The smallest absolute Gasteiger partial charge is 0.238 e. The van der Waals surface area contributed by atoms with Crippen LogP contribution >= 0.6 is 39.3 Å². The molecule has 0 saturated carbocycles. The lowest BCUT2D eigenvalue weighted by Gasteiger charge is -2.11. The van der Waals surface area contributed by atoms with Gasteiger partial charge in [-0.05, 0) is 32.0 Å². The van der Waals surface area contributed by atoms with E-state index in [2.05, 4.69) is 31.7 Å². The zero-order valence-corrected chi connectivity index (χ0v) is 16.1. The van der Waals surface area contributed by atoms with Crippen LogP contribution in [0.2, 0.25) is 5.02 Å². The first-order chi connectivity index (χ1) is 11.3. The van der Waals surface area contributed by atoms with Crippen molar-refractivity contribution < 1.29 is 14.1 Å². The van der Waals surface area contributed by atoms with E-state index in [1.54, 1.807) is 38.1 Å². The molecule has 0 aliphatic heterocycles. The second-order valence-electron chi connectivity index (χ2n) is 4.94. The van der Waals surface area contributed by atoms with Crippen molar-refractivity contribution in [1.29, 1.82) is 0 Å². The Morgan fingerprint density at radius 1 is 1.38 bits per heavy atom. The number of carbonyl (C=O) groups excluding carboxylic acids is 2. The summed E-state index contributed by atoms with van der Waals surface area (Å²) >= 11 is 10.6. The maximum atomic E-state index is 12.0. The number of nitrogens with zero attached hydrogens (tertiary/aromatic N) is 1. The number of halogens is 2. The van der Waals surface area contributed by atoms with Crippen LogP contribution in [0.5, 0.6) is 0 Å². The molecule has 2 N–H and O–H groups in total. The lowest BCUT2D eigenvalue weighted by Crippen LogP contribution is -2.25. The summed E-state index contributed by atoms with van der Waals surface area (Å²) in [6.45, 7) is 3.45. The first kappa shape index (κ1) is 18.8. The van der Waals surface area contributed by atoms with Crippen LogP contribution in [0.1, 0.15) is 12.7 Å². The van der Waals surface area contributed by atoms with Crippen LogP contribution in [0.15, 0.2) is 33.3 Å². The quantitative estimate of drug-likeness (QED) is 0.718. The Bertz CT molecular complexity index is 753. The molecule has 0 radical (unpaired) electrons. The van der Waals surface area contributed by atoms with E-state index in [1.807, 2.05) is 0 Å². The van der Waals surface area contributed by atoms with Gasteiger partial charge in [-0.2, -0.15) is 0 Å². The van der Waals surface area contributed by atoms with Crippen LogP contribution in [-0.2, 0) is 9.59 Å². The summed E-state index contributed by atoms with van der Waals surface area (Å²) in [5.74, 6) is 0.607. The highest BCUT2D eigenvalue weighted by atomic mass is 79.9. The van der Waals surface area contributed by atoms with Crippen molar-refractivity contribution in [2.45, 2.75) is 19.1 Å². The second-order valence-corrected chi connectivity index (χ2v) is 7.59. The van der Waals surface area contributed by atoms with Gasteiger partial charge in [0.1, 0.15) is 5.76 Å². The Balaban J connectivity index is 1.81. The number of anilines is 2. The molecule has 1 aromatic carbocycles. The SMILES string of the molecule is Cc1cc(NC(=O)C(C)SCC(=O)Nc2ccc(Br)cc2Cl)no1. The molecule has 0 bridgehead atoms. The number of nitrogens with one attached hydrogen (secondary N) is 2. The highest BCUT2D eigenvalue weighted by Crippen LogP contribution is 2.26. The summed E-state index contributed by atoms with van der Waals surface area (Å²) in [7, 11) is 0. The van der Waals surface area contributed by atoms with Gasteiger partial charge >= 0.3 is 0 Å². The summed E-state index contributed by atoms with van der Waals surface area (Å²) in [4.78, 5) is 24.0. The maximum Gasteiger partial charge on any atom is 0.238 e. The first-order valence-corrected chi connectivity index (χ1v) is 9.18. The molecule has 0 fully saturated rings. The van der Waals surface area contributed by atoms with E-state index in [4.69, 9.17) is 16.1 Å². The summed E-state index contributed by atoms with van der Waals surface area (Å²) in [5.41, 5.74) is 0.528. The van der Waals surface area contributed by atoms with Crippen LogP contribution in [0.25, 0.3) is 0 Å². The van der Waals surface area contributed by atoms with Crippen molar-refractivity contribution in [3.63, 3.8) is 0 Å². The number of benzene rings is 1. The van der Waals surface area contributed by atoms with Gasteiger partial charge in [-0.1, -0.05) is 32.7 Å². The van der Waals surface area contributed by atoms with E-state index < -0.39 is 5.25 Å². The van der Waals surface area contributed by atoms with Crippen LogP contribution in [0, 0.1) is 6.92 Å². The highest BCUT2D eigenvalue weighted by Gasteiger charge is 2.17. The molecule has 2 amide bonds. The summed E-state index contributed by atoms with van der Waals surface area (Å²) in [6.07, 6.45) is 0. The Hall–Kier alpha value is -1.51. The van der Waals surface area contributed by atoms with Gasteiger partial charge in [0, 0.05) is 10.5 Å². The van der Waals surface area contributed by atoms with Crippen LogP contribution < -0.4 is 10.6 Å². The third-order valence-electron chi connectivity index (χ3n) is 2.92. The molecular formula is C15H15BrClN3O3S. The van der Waals surface area contributed by atoms with Crippen molar-refractivity contribution in [1.82, 2.24) is 5.16 Å². The zero-order valence-electron chi connectivity index (χ0n) is 12.9. The first-order valence-electron chi connectivity index (χ1n) is 6.96. The molecule has 9 heteroatoms. The van der Waals surface area contributed by atoms with Gasteiger partial charge in [-0.25, -0.2) is 0 Å². The fraction of sp³-hybridized carbons (Fsp3) is 0.267. The molecule has 1 atom stereocenters. The van der Waals surface area contributed by atoms with E-state index in [9.17, 15) is 9.59 Å². The number of hydrogen-bond donors (Lipinski definition) is 2. The molecule has 1 heterocycles. The molecule has 0 aliphatic rings. The van der Waals surface area contributed by atoms with Crippen molar-refractivity contribution in [3.8, 4) is 0 Å². The van der Waals surface area contributed by atoms with Gasteiger partial charge in [0.15, 0.2) is 5.82 Å². The Kier molecular flexibility index (Phi) is 6.70. The average molecular weight is 433 g/mol. The molecule has 2 rings (SSSR count). The van der Waals surface area contributed by atoms with E-state index in [-0.39, 0.29) is 17.6 Å². The molecule has 0 saturated heterocycles. The number of rotatable bonds is 6. The molecule has 24 heavy (non-hydrogen) atoms. The monoisotopic (exact) mass is 431 g/mol. The predicted molar refractivity (Wildman–Crippen MR) is 99.6 cm³/mol. The van der Waals surface area contributed by atoms with Crippen LogP contribution in [-0.4, -0.2) is 28.0 Å². The van der Waals surface area contributed by atoms with E-state index >= 15 is 0 Å². The van der Waals surface area contributed by atoms with Gasteiger partial charge in [-0.15, -0.1) is 11.8 Å². The minimum Gasteiger partial charge on any atom is -0.360 e. The lowest BCUT2D eigenvalue weighted by molar-refractivity contribution is -0.115. The number of carbonyl (C=O) groups is 2.